The number of fused-ring (bicyclic) bond motifs is 1. The number of nitrogens with one attached hydrogen (secondary N) is 1. The molecule has 1 aliphatic carbocycles. The Hall–Kier alpha value is -3.11. The lowest BCUT2D eigenvalue weighted by Gasteiger charge is -2.27. The van der Waals surface area contributed by atoms with E-state index in [4.69, 9.17) is 4.74 Å². The van der Waals surface area contributed by atoms with Gasteiger partial charge in [-0.1, -0.05) is 18.2 Å². The Morgan fingerprint density at radius 3 is 2.71 bits per heavy atom. The number of ether oxygens (including phenoxy) is 1. The number of benzene rings is 1. The van der Waals surface area contributed by atoms with Gasteiger partial charge in [-0.3, -0.25) is 9.59 Å². The first-order chi connectivity index (χ1) is 13.7. The molecule has 2 aliphatic rings. The van der Waals surface area contributed by atoms with E-state index >= 15 is 0 Å². The summed E-state index contributed by atoms with van der Waals surface area (Å²) in [4.78, 5) is 26.7. The second-order valence-electron chi connectivity index (χ2n) is 7.14. The van der Waals surface area contributed by atoms with Gasteiger partial charge in [-0.2, -0.15) is 5.26 Å². The third-order valence-electron chi connectivity index (χ3n) is 5.07. The van der Waals surface area contributed by atoms with Crippen molar-refractivity contribution in [1.82, 2.24) is 14.8 Å². The van der Waals surface area contributed by atoms with Crippen molar-refractivity contribution in [3.05, 3.63) is 41.6 Å². The number of morpholine rings is 1. The maximum absolute atomic E-state index is 12.7. The lowest BCUT2D eigenvalue weighted by molar-refractivity contribution is -0.135. The first-order valence-corrected chi connectivity index (χ1v) is 9.52. The smallest absolute Gasteiger partial charge is 0.262 e. The summed E-state index contributed by atoms with van der Waals surface area (Å²) in [7, 11) is 0. The van der Waals surface area contributed by atoms with Gasteiger partial charge in [0.15, 0.2) is 0 Å². The monoisotopic (exact) mass is 378 g/mol. The molecule has 2 amide bonds. The number of aromatic nitrogens is 1. The second-order valence-corrected chi connectivity index (χ2v) is 7.14. The highest BCUT2D eigenvalue weighted by atomic mass is 16.5. The van der Waals surface area contributed by atoms with Gasteiger partial charge in [0.2, 0.25) is 5.91 Å². The first-order valence-electron chi connectivity index (χ1n) is 9.52. The molecule has 1 aromatic carbocycles. The van der Waals surface area contributed by atoms with Crippen LogP contribution in [0.5, 0.6) is 0 Å². The molecule has 144 valence electrons. The van der Waals surface area contributed by atoms with Crippen molar-refractivity contribution < 1.29 is 14.3 Å². The maximum Gasteiger partial charge on any atom is 0.262 e. The molecule has 0 atom stereocenters. The molecule has 1 saturated carbocycles. The molecule has 28 heavy (non-hydrogen) atoms. The van der Waals surface area contributed by atoms with Crippen molar-refractivity contribution in [3.63, 3.8) is 0 Å². The van der Waals surface area contributed by atoms with Gasteiger partial charge in [0.25, 0.3) is 5.91 Å². The van der Waals surface area contributed by atoms with Crippen molar-refractivity contribution in [1.29, 1.82) is 5.26 Å². The quantitative estimate of drug-likeness (QED) is 0.634. The Bertz CT molecular complexity index is 975. The minimum Gasteiger partial charge on any atom is -0.378 e. The molecule has 0 bridgehead atoms. The topological polar surface area (TPSA) is 87.4 Å². The highest BCUT2D eigenvalue weighted by molar-refractivity contribution is 6.04. The van der Waals surface area contributed by atoms with Crippen molar-refractivity contribution in [3.8, 4) is 6.07 Å². The molecule has 0 spiro atoms. The first kappa shape index (κ1) is 18.3. The van der Waals surface area contributed by atoms with Crippen LogP contribution in [0.2, 0.25) is 0 Å². The zero-order valence-corrected chi connectivity index (χ0v) is 15.6. The van der Waals surface area contributed by atoms with Crippen LogP contribution in [0.15, 0.2) is 36.0 Å². The van der Waals surface area contributed by atoms with Crippen LogP contribution >= 0.6 is 0 Å². The zero-order valence-electron chi connectivity index (χ0n) is 15.6. The molecule has 0 radical (unpaired) electrons. The molecule has 4 rings (SSSR count). The Morgan fingerprint density at radius 2 is 2.00 bits per heavy atom. The van der Waals surface area contributed by atoms with Crippen LogP contribution in [0.25, 0.3) is 17.0 Å². The standard InChI is InChI=1S/C21H22N4O3/c22-12-15(21(27)23-17-5-6-17)11-16-13-25(19-4-2-1-3-18(16)19)14-20(26)24-7-9-28-10-8-24/h1-4,11,13,17H,5-10,14H2,(H,23,27)/b15-11+. The summed E-state index contributed by atoms with van der Waals surface area (Å²) < 4.78 is 7.19. The molecule has 7 heteroatoms. The average molecular weight is 378 g/mol. The largest absolute Gasteiger partial charge is 0.378 e. The van der Waals surface area contributed by atoms with Crippen LogP contribution in [0, 0.1) is 11.3 Å². The van der Waals surface area contributed by atoms with E-state index in [0.717, 1.165) is 29.3 Å². The molecule has 2 heterocycles. The van der Waals surface area contributed by atoms with Gasteiger partial charge in [-0.25, -0.2) is 0 Å². The SMILES string of the molecule is N#C/C(=C\c1cn(CC(=O)N2CCOCC2)c2ccccc12)C(=O)NC1CC1. The van der Waals surface area contributed by atoms with E-state index in [9.17, 15) is 14.9 Å². The Balaban J connectivity index is 1.62. The molecule has 0 unspecified atom stereocenters. The Morgan fingerprint density at radius 1 is 1.25 bits per heavy atom. The summed E-state index contributed by atoms with van der Waals surface area (Å²) >= 11 is 0. The Kier molecular flexibility index (Phi) is 5.13. The van der Waals surface area contributed by atoms with Gasteiger partial charge >= 0.3 is 0 Å². The highest BCUT2D eigenvalue weighted by Crippen LogP contribution is 2.25. The van der Waals surface area contributed by atoms with E-state index < -0.39 is 0 Å². The lowest BCUT2D eigenvalue weighted by atomic mass is 10.1. The fourth-order valence-corrected chi connectivity index (χ4v) is 3.37. The van der Waals surface area contributed by atoms with Crippen LogP contribution in [0.3, 0.4) is 0 Å². The van der Waals surface area contributed by atoms with Crippen molar-refractivity contribution in [2.45, 2.75) is 25.4 Å². The number of hydrogen-bond acceptors (Lipinski definition) is 4. The fraction of sp³-hybridized carbons (Fsp3) is 0.381. The summed E-state index contributed by atoms with van der Waals surface area (Å²) in [5.41, 5.74) is 1.73. The summed E-state index contributed by atoms with van der Waals surface area (Å²) in [5.74, 6) is -0.308. The van der Waals surface area contributed by atoms with Crippen LogP contribution in [-0.2, 0) is 20.9 Å². The minimum atomic E-state index is -0.341. The summed E-state index contributed by atoms with van der Waals surface area (Å²) in [6.45, 7) is 2.54. The molecule has 2 aromatic rings. The molecular weight excluding hydrogens is 356 g/mol. The lowest BCUT2D eigenvalue weighted by Crippen LogP contribution is -2.42. The van der Waals surface area contributed by atoms with E-state index in [1.54, 1.807) is 11.0 Å². The number of hydrogen-bond donors (Lipinski definition) is 1. The molecule has 7 nitrogen and oxygen atoms in total. The number of nitriles is 1. The van der Waals surface area contributed by atoms with Crippen molar-refractivity contribution >= 4 is 28.8 Å². The molecule has 1 aliphatic heterocycles. The molecule has 1 saturated heterocycles. The second kappa shape index (κ2) is 7.87. The van der Waals surface area contributed by atoms with Crippen LogP contribution < -0.4 is 5.32 Å². The fourth-order valence-electron chi connectivity index (χ4n) is 3.37. The summed E-state index contributed by atoms with van der Waals surface area (Å²) in [5, 5.41) is 13.2. The van der Waals surface area contributed by atoms with E-state index in [1.165, 1.54) is 0 Å². The average Bonchev–Trinajstić information content (AvgIpc) is 3.48. The van der Waals surface area contributed by atoms with E-state index in [1.807, 2.05) is 41.1 Å². The number of nitrogens with zero attached hydrogens (tertiary/aromatic N) is 3. The number of rotatable bonds is 5. The van der Waals surface area contributed by atoms with Gasteiger partial charge < -0.3 is 19.5 Å². The highest BCUT2D eigenvalue weighted by Gasteiger charge is 2.25. The number of carbonyl (C=O) groups excluding carboxylic acids is 2. The third kappa shape index (κ3) is 3.92. The normalized spacial score (nSPS) is 17.4. The molecule has 1 N–H and O–H groups in total. The number of amides is 2. The van der Waals surface area contributed by atoms with E-state index in [0.29, 0.717) is 26.3 Å². The summed E-state index contributed by atoms with van der Waals surface area (Å²) in [6, 6.07) is 9.89. The van der Waals surface area contributed by atoms with Gasteiger partial charge in [0.05, 0.1) is 13.2 Å². The minimum absolute atomic E-state index is 0.0339. The van der Waals surface area contributed by atoms with E-state index in [-0.39, 0.29) is 30.0 Å². The Labute approximate surface area is 163 Å². The predicted octanol–water partition coefficient (Wildman–Crippen LogP) is 1.69. The molecule has 1 aromatic heterocycles. The van der Waals surface area contributed by atoms with Crippen LogP contribution in [0.4, 0.5) is 0 Å². The zero-order chi connectivity index (χ0) is 19.5. The maximum atomic E-state index is 12.7. The number of para-hydroxylation sites is 1. The van der Waals surface area contributed by atoms with Crippen LogP contribution in [0.1, 0.15) is 18.4 Å². The van der Waals surface area contributed by atoms with Crippen LogP contribution in [-0.4, -0.2) is 53.6 Å². The number of carbonyl (C=O) groups is 2. The predicted molar refractivity (Wildman–Crippen MR) is 104 cm³/mol. The molecule has 2 fully saturated rings. The summed E-state index contributed by atoms with van der Waals surface area (Å²) in [6.07, 6.45) is 5.38. The van der Waals surface area contributed by atoms with Gasteiger partial charge in [0, 0.05) is 41.8 Å². The van der Waals surface area contributed by atoms with E-state index in [2.05, 4.69) is 5.32 Å². The van der Waals surface area contributed by atoms with Gasteiger partial charge in [-0.15, -0.1) is 0 Å². The van der Waals surface area contributed by atoms with Crippen molar-refractivity contribution in [2.75, 3.05) is 26.3 Å². The van der Waals surface area contributed by atoms with Crippen molar-refractivity contribution in [2.24, 2.45) is 0 Å². The molecular formula is C21H22N4O3. The third-order valence-corrected chi connectivity index (χ3v) is 5.07. The van der Waals surface area contributed by atoms with Gasteiger partial charge in [0.1, 0.15) is 18.2 Å². The van der Waals surface area contributed by atoms with Gasteiger partial charge in [-0.05, 0) is 25.0 Å².